The van der Waals surface area contributed by atoms with Crippen LogP contribution in [0.4, 0.5) is 14.5 Å². The van der Waals surface area contributed by atoms with Crippen molar-refractivity contribution >= 4 is 45.2 Å². The van der Waals surface area contributed by atoms with Gasteiger partial charge in [0.25, 0.3) is 5.91 Å². The number of sulfonamides is 1. The highest BCUT2D eigenvalue weighted by Crippen LogP contribution is 2.48. The second-order valence-electron chi connectivity index (χ2n) is 14.4. The number of amides is 1. The van der Waals surface area contributed by atoms with Crippen molar-refractivity contribution in [2.75, 3.05) is 17.6 Å². The van der Waals surface area contributed by atoms with Gasteiger partial charge in [-0.25, -0.2) is 17.2 Å². The molecule has 2 aliphatic rings. The largest absolute Gasteiger partial charge is 0.497 e. The molecular formula is C39H39BF2N2O7S. The molecule has 270 valence electrons. The second kappa shape index (κ2) is 13.0. The molecule has 1 aromatic heterocycles. The van der Waals surface area contributed by atoms with Crippen LogP contribution in [0.2, 0.25) is 0 Å². The van der Waals surface area contributed by atoms with E-state index in [1.807, 2.05) is 33.8 Å². The quantitative estimate of drug-likeness (QED) is 0.147. The topological polar surface area (TPSA) is 107 Å². The van der Waals surface area contributed by atoms with Gasteiger partial charge in [-0.1, -0.05) is 12.1 Å². The second-order valence-corrected chi connectivity index (χ2v) is 16.3. The zero-order chi connectivity index (χ0) is 37.2. The molecule has 0 spiro atoms. The number of nitrogens with zero attached hydrogens (tertiary/aromatic N) is 1. The Morgan fingerprint density at radius 2 is 1.54 bits per heavy atom. The minimum atomic E-state index is -3.89. The maximum absolute atomic E-state index is 15.6. The van der Waals surface area contributed by atoms with Gasteiger partial charge in [0.15, 0.2) is 0 Å². The molecule has 1 saturated heterocycles. The summed E-state index contributed by atoms with van der Waals surface area (Å²) in [7, 11) is -3.26. The molecule has 2 heterocycles. The lowest BCUT2D eigenvalue weighted by molar-refractivity contribution is 0.00578. The first-order valence-electron chi connectivity index (χ1n) is 17.0. The maximum Gasteiger partial charge on any atom is 0.497 e. The number of fused-ring (bicyclic) bond motifs is 1. The van der Waals surface area contributed by atoms with E-state index in [0.29, 0.717) is 50.6 Å². The van der Waals surface area contributed by atoms with Crippen molar-refractivity contribution in [1.29, 1.82) is 0 Å². The number of hydrogen-bond acceptors (Lipinski definition) is 7. The number of halogens is 2. The number of furan rings is 1. The van der Waals surface area contributed by atoms with Gasteiger partial charge in [0.2, 0.25) is 10.0 Å². The predicted octanol–water partition coefficient (Wildman–Crippen LogP) is 7.67. The minimum Gasteiger partial charge on any atom is -0.457 e. The van der Waals surface area contributed by atoms with Crippen molar-refractivity contribution in [3.63, 3.8) is 0 Å². The summed E-state index contributed by atoms with van der Waals surface area (Å²) < 4.78 is 81.5. The summed E-state index contributed by atoms with van der Waals surface area (Å²) in [4.78, 5) is 13.4. The van der Waals surface area contributed by atoms with Gasteiger partial charge >= 0.3 is 7.12 Å². The number of benzene rings is 4. The SMILES string of the molecule is CNC(=O)c1c(-c2ccc(Oc3ccc(F)cc3)cc2)oc2cc(N(Cc3ccc(B4OC(C)(C)C(C)(C)O4)c(F)c3)S(C)(=O)=O)c(C3CC3)cc12. The van der Waals surface area contributed by atoms with E-state index in [1.165, 1.54) is 41.7 Å². The standard InChI is InChI=1S/C39H39BF2N2O7S/c1-38(2)39(3,4)51-40(50-38)31-18-7-23(19-32(31)42)22-44(52(6,46)47)33-21-34-30(20-29(33)24-8-9-24)35(37(45)43-5)36(49-34)25-10-14-27(15-11-25)48-28-16-12-26(41)13-17-28/h7,10-21,24H,8-9,22H2,1-6H3,(H,43,45). The van der Waals surface area contributed by atoms with E-state index in [4.69, 9.17) is 18.5 Å². The van der Waals surface area contributed by atoms with Crippen molar-refractivity contribution in [2.24, 2.45) is 0 Å². The van der Waals surface area contributed by atoms with Crippen LogP contribution >= 0.6 is 0 Å². The van der Waals surface area contributed by atoms with Crippen LogP contribution in [-0.2, 0) is 25.9 Å². The number of carbonyl (C=O) groups is 1. The Bertz CT molecular complexity index is 2270. The Labute approximate surface area is 302 Å². The molecule has 7 rings (SSSR count). The van der Waals surface area contributed by atoms with E-state index >= 15 is 4.39 Å². The summed E-state index contributed by atoms with van der Waals surface area (Å²) >= 11 is 0. The van der Waals surface area contributed by atoms with Gasteiger partial charge in [0.05, 0.1) is 35.3 Å². The van der Waals surface area contributed by atoms with Crippen molar-refractivity contribution in [2.45, 2.75) is 64.2 Å². The predicted molar refractivity (Wildman–Crippen MR) is 197 cm³/mol. The van der Waals surface area contributed by atoms with Crippen LogP contribution < -0.4 is 19.8 Å². The van der Waals surface area contributed by atoms with Gasteiger partial charge in [0.1, 0.15) is 34.5 Å². The Morgan fingerprint density at radius 3 is 2.10 bits per heavy atom. The molecule has 9 nitrogen and oxygen atoms in total. The Hall–Kier alpha value is -4.72. The zero-order valence-electron chi connectivity index (χ0n) is 29.8. The molecule has 1 aliphatic heterocycles. The van der Waals surface area contributed by atoms with E-state index in [9.17, 15) is 17.6 Å². The number of nitrogens with one attached hydrogen (secondary N) is 1. The molecule has 0 atom stereocenters. The summed E-state index contributed by atoms with van der Waals surface area (Å²) in [6.07, 6.45) is 2.81. The third kappa shape index (κ3) is 6.80. The molecule has 0 radical (unpaired) electrons. The molecule has 2 fully saturated rings. The van der Waals surface area contributed by atoms with Crippen LogP contribution in [0.1, 0.15) is 67.9 Å². The fraction of sp³-hybridized carbons (Fsp3) is 0.308. The molecule has 1 amide bonds. The average Bonchev–Trinajstić information content (AvgIpc) is 3.82. The summed E-state index contributed by atoms with van der Waals surface area (Å²) in [6.45, 7) is 7.41. The fourth-order valence-corrected chi connectivity index (χ4v) is 7.23. The molecule has 52 heavy (non-hydrogen) atoms. The molecule has 1 N–H and O–H groups in total. The lowest BCUT2D eigenvalue weighted by atomic mass is 9.78. The fourth-order valence-electron chi connectivity index (χ4n) is 6.33. The number of rotatable bonds is 10. The maximum atomic E-state index is 15.6. The van der Waals surface area contributed by atoms with Gasteiger partial charge < -0.3 is 23.8 Å². The Morgan fingerprint density at radius 1 is 0.923 bits per heavy atom. The van der Waals surface area contributed by atoms with Crippen molar-refractivity contribution in [1.82, 2.24) is 5.32 Å². The van der Waals surface area contributed by atoms with E-state index in [-0.39, 0.29) is 29.6 Å². The van der Waals surface area contributed by atoms with Gasteiger partial charge in [-0.2, -0.15) is 0 Å². The normalized spacial score (nSPS) is 16.7. The summed E-state index contributed by atoms with van der Waals surface area (Å²) in [5.74, 6) is 0.0229. The first kappa shape index (κ1) is 35.7. The molecule has 1 aliphatic carbocycles. The third-order valence-electron chi connectivity index (χ3n) is 10.0. The van der Waals surface area contributed by atoms with E-state index in [0.717, 1.165) is 24.7 Å². The van der Waals surface area contributed by atoms with Gasteiger partial charge in [-0.05, 0) is 118 Å². The van der Waals surface area contributed by atoms with Crippen molar-refractivity contribution in [3.05, 3.63) is 107 Å². The van der Waals surface area contributed by atoms with E-state index in [1.54, 1.807) is 42.5 Å². The van der Waals surface area contributed by atoms with Gasteiger partial charge in [-0.15, -0.1) is 0 Å². The van der Waals surface area contributed by atoms with Gasteiger partial charge in [0, 0.05) is 29.5 Å². The summed E-state index contributed by atoms with van der Waals surface area (Å²) in [5.41, 5.74) is 1.73. The van der Waals surface area contributed by atoms with Crippen LogP contribution in [0.3, 0.4) is 0 Å². The number of ether oxygens (including phenoxy) is 1. The monoisotopic (exact) mass is 728 g/mol. The number of hydrogen-bond donors (Lipinski definition) is 1. The zero-order valence-corrected chi connectivity index (χ0v) is 30.6. The summed E-state index contributed by atoms with van der Waals surface area (Å²) in [6, 6.07) is 20.6. The van der Waals surface area contributed by atoms with Crippen molar-refractivity contribution in [3.8, 4) is 22.8 Å². The van der Waals surface area contributed by atoms with Gasteiger partial charge in [-0.3, -0.25) is 9.10 Å². The smallest absolute Gasteiger partial charge is 0.457 e. The summed E-state index contributed by atoms with van der Waals surface area (Å²) in [5, 5.41) is 3.24. The molecule has 1 saturated carbocycles. The third-order valence-corrected chi connectivity index (χ3v) is 11.2. The molecule has 5 aromatic rings. The van der Waals surface area contributed by atoms with E-state index in [2.05, 4.69) is 5.32 Å². The minimum absolute atomic E-state index is 0.0740. The molecule has 0 bridgehead atoms. The number of anilines is 1. The van der Waals surface area contributed by atoms with E-state index < -0.39 is 34.2 Å². The Kier molecular flexibility index (Phi) is 8.95. The first-order valence-corrected chi connectivity index (χ1v) is 18.9. The van der Waals surface area contributed by atoms with Crippen LogP contribution in [0.5, 0.6) is 11.5 Å². The average molecular weight is 729 g/mol. The highest BCUT2D eigenvalue weighted by Gasteiger charge is 2.52. The number of carbonyl (C=O) groups excluding carboxylic acids is 1. The van der Waals surface area contributed by atoms with Crippen LogP contribution in [-0.4, -0.2) is 45.9 Å². The molecule has 0 unspecified atom stereocenters. The highest BCUT2D eigenvalue weighted by atomic mass is 32.2. The Balaban J connectivity index is 1.25. The van der Waals surface area contributed by atoms with Crippen LogP contribution in [0, 0.1) is 11.6 Å². The van der Waals surface area contributed by atoms with Crippen LogP contribution in [0.15, 0.2) is 83.3 Å². The lowest BCUT2D eigenvalue weighted by Crippen LogP contribution is -2.41. The molecule has 4 aromatic carbocycles. The lowest BCUT2D eigenvalue weighted by Gasteiger charge is -2.32. The van der Waals surface area contributed by atoms with Crippen molar-refractivity contribution < 1.29 is 40.5 Å². The highest BCUT2D eigenvalue weighted by molar-refractivity contribution is 7.92. The first-order chi connectivity index (χ1) is 24.5. The molecular weight excluding hydrogens is 689 g/mol. The van der Waals surface area contributed by atoms with Crippen LogP contribution in [0.25, 0.3) is 22.3 Å². The molecule has 13 heteroatoms.